The highest BCUT2D eigenvalue weighted by Crippen LogP contribution is 2.30. The number of benzene rings is 1. The molecule has 1 aromatic heterocycles. The molecule has 0 atom stereocenters. The van der Waals surface area contributed by atoms with Gasteiger partial charge in [-0.1, -0.05) is 35.5 Å². The van der Waals surface area contributed by atoms with Crippen LogP contribution in [0.1, 0.15) is 33.3 Å². The molecular formula is C19H22N2OS. The summed E-state index contributed by atoms with van der Waals surface area (Å²) in [6.45, 7) is 7.56. The van der Waals surface area contributed by atoms with Crippen LogP contribution in [-0.4, -0.2) is 23.5 Å². The van der Waals surface area contributed by atoms with Gasteiger partial charge in [0.15, 0.2) is 5.78 Å². The normalized spacial score (nSPS) is 12.6. The van der Waals surface area contributed by atoms with Gasteiger partial charge in [0, 0.05) is 34.6 Å². The van der Waals surface area contributed by atoms with Crippen molar-refractivity contribution < 1.29 is 4.79 Å². The number of Topliss-reactive ketones (excluding diaryl/α,β-unsaturated/α-hetero) is 1. The third kappa shape index (κ3) is 3.82. The monoisotopic (exact) mass is 326 g/mol. The van der Waals surface area contributed by atoms with Gasteiger partial charge in [-0.05, 0) is 44.7 Å². The van der Waals surface area contributed by atoms with Crippen LogP contribution in [0.4, 0.5) is 0 Å². The Labute approximate surface area is 141 Å². The van der Waals surface area contributed by atoms with Crippen molar-refractivity contribution in [2.45, 2.75) is 27.7 Å². The van der Waals surface area contributed by atoms with Crippen LogP contribution >= 0.6 is 11.8 Å². The van der Waals surface area contributed by atoms with Crippen molar-refractivity contribution in [2.75, 3.05) is 7.05 Å². The number of para-hydroxylation sites is 1. The fourth-order valence-corrected chi connectivity index (χ4v) is 3.26. The van der Waals surface area contributed by atoms with Gasteiger partial charge in [-0.2, -0.15) is 0 Å². The fraction of sp³-hybridized carbons (Fsp3) is 0.263. The molecule has 0 unspecified atom stereocenters. The maximum absolute atomic E-state index is 11.4. The maximum Gasteiger partial charge on any atom is 0.156 e. The highest BCUT2D eigenvalue weighted by Gasteiger charge is 2.15. The molecule has 0 saturated carbocycles. The van der Waals surface area contributed by atoms with E-state index in [0.29, 0.717) is 0 Å². The molecular weight excluding hydrogens is 304 g/mol. The second-order valence-electron chi connectivity index (χ2n) is 5.62. The molecule has 120 valence electrons. The highest BCUT2D eigenvalue weighted by molar-refractivity contribution is 8.06. The van der Waals surface area contributed by atoms with E-state index in [-0.39, 0.29) is 5.78 Å². The molecule has 2 aromatic rings. The Morgan fingerprint density at radius 2 is 1.87 bits per heavy atom. The van der Waals surface area contributed by atoms with E-state index >= 15 is 0 Å². The molecule has 1 aromatic carbocycles. The van der Waals surface area contributed by atoms with Crippen molar-refractivity contribution in [3.05, 3.63) is 57.5 Å². The predicted molar refractivity (Wildman–Crippen MR) is 101 cm³/mol. The summed E-state index contributed by atoms with van der Waals surface area (Å²) in [6.07, 6.45) is 2.00. The summed E-state index contributed by atoms with van der Waals surface area (Å²) in [5, 5.41) is 3.06. The Balaban J connectivity index is 2.47. The van der Waals surface area contributed by atoms with Crippen LogP contribution < -0.4 is 0 Å². The molecule has 0 aliphatic carbocycles. The van der Waals surface area contributed by atoms with Crippen molar-refractivity contribution in [1.29, 1.82) is 0 Å². The number of hydrogen-bond acceptors (Lipinski definition) is 3. The highest BCUT2D eigenvalue weighted by atomic mass is 32.2. The molecule has 0 amide bonds. The molecule has 0 aliphatic heterocycles. The van der Waals surface area contributed by atoms with Gasteiger partial charge in [-0.3, -0.25) is 9.79 Å². The van der Waals surface area contributed by atoms with Gasteiger partial charge in [0.05, 0.1) is 5.71 Å². The number of hydrogen-bond donors (Lipinski definition) is 1. The number of aromatic amines is 1. The van der Waals surface area contributed by atoms with E-state index in [1.54, 1.807) is 18.7 Å². The summed E-state index contributed by atoms with van der Waals surface area (Å²) in [6, 6.07) is 8.19. The number of nitrogens with one attached hydrogen (secondary N) is 1. The predicted octanol–water partition coefficient (Wildman–Crippen LogP) is 5.11. The van der Waals surface area contributed by atoms with Crippen LogP contribution in [0.5, 0.6) is 0 Å². The number of aliphatic imine (C=N–C) groups is 1. The molecule has 1 heterocycles. The Morgan fingerprint density at radius 3 is 2.48 bits per heavy atom. The molecule has 0 aliphatic rings. The number of fused-ring (bicyclic) bond motifs is 1. The minimum absolute atomic E-state index is 0.0905. The number of carbonyl (C=O) groups excluding carboxylic acids is 1. The van der Waals surface area contributed by atoms with E-state index < -0.39 is 0 Å². The van der Waals surface area contributed by atoms with Crippen molar-refractivity contribution in [3.8, 4) is 0 Å². The average Bonchev–Trinajstić information content (AvgIpc) is 2.94. The lowest BCUT2D eigenvalue weighted by Crippen LogP contribution is -2.04. The molecule has 0 bridgehead atoms. The van der Waals surface area contributed by atoms with Crippen molar-refractivity contribution >= 4 is 34.2 Å². The SMILES string of the molecule is C/N=C(/C(S/C=C(\C)C(C)=O)=C(C)C)c1c[nH]c2ccccc12. The summed E-state index contributed by atoms with van der Waals surface area (Å²) in [5.41, 5.74) is 5.05. The topological polar surface area (TPSA) is 45.2 Å². The Bertz CT molecular complexity index is 821. The Morgan fingerprint density at radius 1 is 1.17 bits per heavy atom. The molecule has 1 N–H and O–H groups in total. The van der Waals surface area contributed by atoms with E-state index in [4.69, 9.17) is 0 Å². The Hall–Kier alpha value is -2.07. The number of allylic oxidation sites excluding steroid dienone is 3. The molecule has 2 rings (SSSR count). The molecule has 3 nitrogen and oxygen atoms in total. The quantitative estimate of drug-likeness (QED) is 0.613. The van der Waals surface area contributed by atoms with E-state index in [0.717, 1.165) is 32.7 Å². The fourth-order valence-electron chi connectivity index (χ4n) is 2.25. The van der Waals surface area contributed by atoms with Gasteiger partial charge < -0.3 is 4.98 Å². The summed E-state index contributed by atoms with van der Waals surface area (Å²) in [7, 11) is 1.81. The number of carbonyl (C=O) groups is 1. The smallest absolute Gasteiger partial charge is 0.156 e. The zero-order valence-electron chi connectivity index (χ0n) is 14.2. The lowest BCUT2D eigenvalue weighted by molar-refractivity contribution is -0.113. The average molecular weight is 326 g/mol. The van der Waals surface area contributed by atoms with Crippen molar-refractivity contribution in [2.24, 2.45) is 4.99 Å². The number of nitrogens with zero attached hydrogens (tertiary/aromatic N) is 1. The van der Waals surface area contributed by atoms with Gasteiger partial charge in [-0.25, -0.2) is 0 Å². The standard InChI is InChI=1S/C19H22N2OS/c1-12(2)19(23-11-13(3)14(4)22)18(20-5)16-10-21-17-9-7-6-8-15(16)17/h6-11,21H,1-5H3/b13-11+,20-18+. The van der Waals surface area contributed by atoms with Crippen LogP contribution in [0, 0.1) is 0 Å². The first-order chi connectivity index (χ1) is 11.0. The second-order valence-corrected chi connectivity index (χ2v) is 6.50. The summed E-state index contributed by atoms with van der Waals surface area (Å²) < 4.78 is 0. The van der Waals surface area contributed by atoms with Gasteiger partial charge in [0.1, 0.15) is 0 Å². The van der Waals surface area contributed by atoms with Crippen LogP contribution in [0.15, 0.2) is 56.9 Å². The number of aromatic nitrogens is 1. The number of thioether (sulfide) groups is 1. The minimum atomic E-state index is 0.0905. The first-order valence-corrected chi connectivity index (χ1v) is 8.39. The molecule has 23 heavy (non-hydrogen) atoms. The summed E-state index contributed by atoms with van der Waals surface area (Å²) >= 11 is 1.56. The van der Waals surface area contributed by atoms with Crippen LogP contribution in [0.2, 0.25) is 0 Å². The van der Waals surface area contributed by atoms with Crippen LogP contribution in [0.3, 0.4) is 0 Å². The van der Waals surface area contributed by atoms with Crippen molar-refractivity contribution in [1.82, 2.24) is 4.98 Å². The molecule has 0 saturated heterocycles. The van der Waals surface area contributed by atoms with E-state index in [1.165, 1.54) is 5.57 Å². The zero-order chi connectivity index (χ0) is 17.0. The minimum Gasteiger partial charge on any atom is -0.360 e. The van der Waals surface area contributed by atoms with Crippen LogP contribution in [0.25, 0.3) is 10.9 Å². The maximum atomic E-state index is 11.4. The lowest BCUT2D eigenvalue weighted by Gasteiger charge is -2.11. The third-order valence-electron chi connectivity index (χ3n) is 3.65. The Kier molecular flexibility index (Phi) is 5.61. The van der Waals surface area contributed by atoms with Gasteiger partial charge >= 0.3 is 0 Å². The zero-order valence-corrected chi connectivity index (χ0v) is 15.0. The van der Waals surface area contributed by atoms with Gasteiger partial charge in [0.25, 0.3) is 0 Å². The van der Waals surface area contributed by atoms with Gasteiger partial charge in [-0.15, -0.1) is 0 Å². The number of ketones is 1. The molecule has 0 fully saturated rings. The first-order valence-electron chi connectivity index (χ1n) is 7.51. The molecule has 4 heteroatoms. The lowest BCUT2D eigenvalue weighted by atomic mass is 10.1. The largest absolute Gasteiger partial charge is 0.360 e. The summed E-state index contributed by atoms with van der Waals surface area (Å²) in [5.74, 6) is 0.0905. The van der Waals surface area contributed by atoms with Crippen LogP contribution in [-0.2, 0) is 4.79 Å². The molecule has 0 spiro atoms. The van der Waals surface area contributed by atoms with E-state index in [2.05, 4.69) is 36.0 Å². The van der Waals surface area contributed by atoms with Crippen molar-refractivity contribution in [3.63, 3.8) is 0 Å². The van der Waals surface area contributed by atoms with E-state index in [9.17, 15) is 4.79 Å². The first kappa shape index (κ1) is 17.3. The van der Waals surface area contributed by atoms with E-state index in [1.807, 2.05) is 37.7 Å². The number of rotatable bonds is 5. The second kappa shape index (κ2) is 7.47. The third-order valence-corrected chi connectivity index (χ3v) is 4.95. The summed E-state index contributed by atoms with van der Waals surface area (Å²) in [4.78, 5) is 20.3. The molecule has 0 radical (unpaired) electrons. The number of H-pyrrole nitrogens is 1. The van der Waals surface area contributed by atoms with Gasteiger partial charge in [0.2, 0.25) is 0 Å².